The SMILES string of the molecule is CCc1ccc(C(C)NC(=O)COC(=O)C(=O)c2c(C)nn(C)c2C)cc1. The molecule has 0 saturated heterocycles. The molecule has 0 fully saturated rings. The zero-order valence-electron chi connectivity index (χ0n) is 16.3. The lowest BCUT2D eigenvalue weighted by atomic mass is 10.1. The molecule has 1 unspecified atom stereocenters. The first-order valence-electron chi connectivity index (χ1n) is 8.84. The molecule has 0 aliphatic rings. The number of carbonyl (C=O) groups is 3. The molecule has 1 aromatic heterocycles. The molecule has 1 heterocycles. The lowest BCUT2D eigenvalue weighted by molar-refractivity contribution is -0.144. The Bertz CT molecular complexity index is 853. The number of esters is 1. The van der Waals surface area contributed by atoms with Gasteiger partial charge in [0.15, 0.2) is 6.61 Å². The number of nitrogens with zero attached hydrogens (tertiary/aromatic N) is 2. The highest BCUT2D eigenvalue weighted by Gasteiger charge is 2.26. The Hall–Kier alpha value is -2.96. The lowest BCUT2D eigenvalue weighted by Crippen LogP contribution is -2.32. The molecular formula is C20H25N3O4. The number of rotatable bonds is 7. The van der Waals surface area contributed by atoms with Gasteiger partial charge in [-0.1, -0.05) is 31.2 Å². The van der Waals surface area contributed by atoms with Crippen molar-refractivity contribution in [3.8, 4) is 0 Å². The van der Waals surface area contributed by atoms with Crippen molar-refractivity contribution in [3.63, 3.8) is 0 Å². The maximum Gasteiger partial charge on any atom is 0.380 e. The first-order chi connectivity index (χ1) is 12.7. The average Bonchev–Trinajstić information content (AvgIpc) is 2.90. The molecule has 0 radical (unpaired) electrons. The van der Waals surface area contributed by atoms with E-state index in [9.17, 15) is 14.4 Å². The Kier molecular flexibility index (Phi) is 6.50. The van der Waals surface area contributed by atoms with Crippen molar-refractivity contribution in [3.05, 3.63) is 52.3 Å². The van der Waals surface area contributed by atoms with E-state index in [0.29, 0.717) is 11.4 Å². The van der Waals surface area contributed by atoms with Crippen molar-refractivity contribution in [1.82, 2.24) is 15.1 Å². The summed E-state index contributed by atoms with van der Waals surface area (Å²) < 4.78 is 6.40. The van der Waals surface area contributed by atoms with E-state index in [1.54, 1.807) is 20.9 Å². The zero-order chi connectivity index (χ0) is 20.1. The minimum atomic E-state index is -1.07. The minimum absolute atomic E-state index is 0.215. The Balaban J connectivity index is 1.90. The third kappa shape index (κ3) is 4.81. The van der Waals surface area contributed by atoms with Gasteiger partial charge in [0.05, 0.1) is 17.3 Å². The van der Waals surface area contributed by atoms with Crippen LogP contribution in [0.4, 0.5) is 0 Å². The summed E-state index contributed by atoms with van der Waals surface area (Å²) in [5.41, 5.74) is 3.40. The highest BCUT2D eigenvalue weighted by atomic mass is 16.5. The number of nitrogens with one attached hydrogen (secondary N) is 1. The van der Waals surface area contributed by atoms with Crippen LogP contribution >= 0.6 is 0 Å². The monoisotopic (exact) mass is 371 g/mol. The smallest absolute Gasteiger partial charge is 0.380 e. The standard InChI is InChI=1S/C20H25N3O4/c1-6-15-7-9-16(10-8-15)12(2)21-17(24)11-27-20(26)19(25)18-13(3)22-23(5)14(18)4/h7-10,12H,6,11H2,1-5H3,(H,21,24). The van der Waals surface area contributed by atoms with Crippen LogP contribution in [0.5, 0.6) is 0 Å². The first kappa shape index (κ1) is 20.4. The number of ketones is 1. The molecule has 7 heteroatoms. The van der Waals surface area contributed by atoms with Gasteiger partial charge in [-0.2, -0.15) is 5.10 Å². The maximum atomic E-state index is 12.3. The number of aryl methyl sites for hydroxylation is 3. The van der Waals surface area contributed by atoms with Crippen molar-refractivity contribution >= 4 is 17.7 Å². The minimum Gasteiger partial charge on any atom is -0.450 e. The topological polar surface area (TPSA) is 90.3 Å². The molecule has 7 nitrogen and oxygen atoms in total. The highest BCUT2D eigenvalue weighted by molar-refractivity contribution is 6.41. The van der Waals surface area contributed by atoms with Gasteiger partial charge in [0.2, 0.25) is 0 Å². The molecule has 1 amide bonds. The van der Waals surface area contributed by atoms with E-state index < -0.39 is 24.3 Å². The summed E-state index contributed by atoms with van der Waals surface area (Å²) in [4.78, 5) is 36.3. The summed E-state index contributed by atoms with van der Waals surface area (Å²) in [7, 11) is 1.69. The predicted molar refractivity (Wildman–Crippen MR) is 100 cm³/mol. The zero-order valence-corrected chi connectivity index (χ0v) is 16.3. The second kappa shape index (κ2) is 8.62. The third-order valence-electron chi connectivity index (χ3n) is 4.52. The number of aromatic nitrogens is 2. The molecule has 2 rings (SSSR count). The lowest BCUT2D eigenvalue weighted by Gasteiger charge is -2.14. The number of hydrogen-bond donors (Lipinski definition) is 1. The van der Waals surface area contributed by atoms with E-state index in [2.05, 4.69) is 17.3 Å². The Labute approximate surface area is 158 Å². The van der Waals surface area contributed by atoms with Gasteiger partial charge in [-0.15, -0.1) is 0 Å². The molecular weight excluding hydrogens is 346 g/mol. The summed E-state index contributed by atoms with van der Waals surface area (Å²) in [6.07, 6.45) is 0.945. The molecule has 0 bridgehead atoms. The molecule has 0 spiro atoms. The molecule has 0 saturated carbocycles. The molecule has 27 heavy (non-hydrogen) atoms. The Morgan fingerprint density at radius 3 is 2.33 bits per heavy atom. The van der Waals surface area contributed by atoms with E-state index in [0.717, 1.165) is 12.0 Å². The number of benzene rings is 1. The van der Waals surface area contributed by atoms with Crippen LogP contribution in [-0.4, -0.2) is 34.0 Å². The van der Waals surface area contributed by atoms with E-state index in [1.807, 2.05) is 31.2 Å². The van der Waals surface area contributed by atoms with E-state index in [1.165, 1.54) is 10.2 Å². The first-order valence-corrected chi connectivity index (χ1v) is 8.84. The molecule has 1 N–H and O–H groups in total. The second-order valence-corrected chi connectivity index (χ2v) is 6.46. The fourth-order valence-corrected chi connectivity index (χ4v) is 2.81. The third-order valence-corrected chi connectivity index (χ3v) is 4.52. The van der Waals surface area contributed by atoms with Gasteiger partial charge >= 0.3 is 5.97 Å². The van der Waals surface area contributed by atoms with E-state index in [-0.39, 0.29) is 11.6 Å². The van der Waals surface area contributed by atoms with Crippen molar-refractivity contribution < 1.29 is 19.1 Å². The Morgan fingerprint density at radius 2 is 1.81 bits per heavy atom. The normalized spacial score (nSPS) is 11.7. The van der Waals surface area contributed by atoms with Crippen molar-refractivity contribution in [2.45, 2.75) is 40.2 Å². The van der Waals surface area contributed by atoms with E-state index in [4.69, 9.17) is 4.74 Å². The van der Waals surface area contributed by atoms with Crippen LogP contribution in [0.2, 0.25) is 0 Å². The number of hydrogen-bond acceptors (Lipinski definition) is 5. The summed E-state index contributed by atoms with van der Waals surface area (Å²) in [5.74, 6) is -2.33. The summed E-state index contributed by atoms with van der Waals surface area (Å²) in [5, 5.41) is 6.85. The summed E-state index contributed by atoms with van der Waals surface area (Å²) in [6.45, 7) is 6.74. The van der Waals surface area contributed by atoms with Crippen LogP contribution in [0, 0.1) is 13.8 Å². The molecule has 0 aliphatic carbocycles. The summed E-state index contributed by atoms with van der Waals surface area (Å²) in [6, 6.07) is 7.69. The molecule has 1 atom stereocenters. The van der Waals surface area contributed by atoms with Gasteiger partial charge in [-0.3, -0.25) is 14.3 Å². The second-order valence-electron chi connectivity index (χ2n) is 6.46. The quantitative estimate of drug-likeness (QED) is 0.458. The number of carbonyl (C=O) groups excluding carboxylic acids is 3. The van der Waals surface area contributed by atoms with Crippen LogP contribution in [0.1, 0.15) is 52.8 Å². The summed E-state index contributed by atoms with van der Waals surface area (Å²) >= 11 is 0. The van der Waals surface area contributed by atoms with E-state index >= 15 is 0 Å². The number of Topliss-reactive ketones (excluding diaryl/α,β-unsaturated/α-hetero) is 1. The molecule has 144 valence electrons. The van der Waals surface area contributed by atoms with Gasteiger partial charge in [-0.25, -0.2) is 4.79 Å². The fourth-order valence-electron chi connectivity index (χ4n) is 2.81. The Morgan fingerprint density at radius 1 is 1.19 bits per heavy atom. The van der Waals surface area contributed by atoms with Crippen LogP contribution in [0.3, 0.4) is 0 Å². The van der Waals surface area contributed by atoms with Gasteiger partial charge in [0.1, 0.15) is 0 Å². The number of ether oxygens (including phenoxy) is 1. The molecule has 0 aliphatic heterocycles. The average molecular weight is 371 g/mol. The fraction of sp³-hybridized carbons (Fsp3) is 0.400. The van der Waals surface area contributed by atoms with Crippen molar-refractivity contribution in [2.75, 3.05) is 6.61 Å². The largest absolute Gasteiger partial charge is 0.450 e. The number of amides is 1. The van der Waals surface area contributed by atoms with Crippen LogP contribution in [0.15, 0.2) is 24.3 Å². The van der Waals surface area contributed by atoms with Gasteiger partial charge in [0, 0.05) is 12.7 Å². The molecule has 2 aromatic rings. The van der Waals surface area contributed by atoms with Crippen LogP contribution < -0.4 is 5.32 Å². The predicted octanol–water partition coefficient (Wildman–Crippen LogP) is 2.20. The van der Waals surface area contributed by atoms with Gasteiger partial charge < -0.3 is 10.1 Å². The van der Waals surface area contributed by atoms with Crippen LogP contribution in [0.25, 0.3) is 0 Å². The van der Waals surface area contributed by atoms with Crippen molar-refractivity contribution in [2.24, 2.45) is 7.05 Å². The van der Waals surface area contributed by atoms with Gasteiger partial charge in [0.25, 0.3) is 11.7 Å². The van der Waals surface area contributed by atoms with Crippen LogP contribution in [-0.2, 0) is 27.8 Å². The highest BCUT2D eigenvalue weighted by Crippen LogP contribution is 2.15. The van der Waals surface area contributed by atoms with Gasteiger partial charge in [-0.05, 0) is 38.3 Å². The molecule has 1 aromatic carbocycles. The maximum absolute atomic E-state index is 12.3. The van der Waals surface area contributed by atoms with Crippen molar-refractivity contribution in [1.29, 1.82) is 0 Å².